The van der Waals surface area contributed by atoms with Gasteiger partial charge in [0.1, 0.15) is 31.4 Å². The first-order valence-corrected chi connectivity index (χ1v) is 13.2. The number of esters is 1. The number of ether oxygens (including phenoxy) is 1. The molecule has 3 fully saturated rings. The van der Waals surface area contributed by atoms with Gasteiger partial charge >= 0.3 is 14.8 Å². The van der Waals surface area contributed by atoms with Crippen LogP contribution in [0.3, 0.4) is 0 Å². The van der Waals surface area contributed by atoms with Crippen LogP contribution in [0.5, 0.6) is 0 Å². The van der Waals surface area contributed by atoms with Gasteiger partial charge in [0.15, 0.2) is 0 Å². The van der Waals surface area contributed by atoms with E-state index < -0.39 is 8.80 Å². The molecule has 0 saturated carbocycles. The van der Waals surface area contributed by atoms with Crippen LogP contribution in [0.15, 0.2) is 72.8 Å². The van der Waals surface area contributed by atoms with E-state index in [2.05, 4.69) is 43.0 Å². The Labute approximate surface area is 191 Å². The molecule has 32 heavy (non-hydrogen) atoms. The number of carbonyl (C=O) groups excluding carboxylic acids is 1. The zero-order valence-corrected chi connectivity index (χ0v) is 19.7. The minimum atomic E-state index is -2.93. The third-order valence-corrected chi connectivity index (χ3v) is 9.10. The molecule has 3 heterocycles. The molecule has 170 valence electrons. The van der Waals surface area contributed by atoms with Crippen molar-refractivity contribution >= 4 is 20.5 Å². The van der Waals surface area contributed by atoms with Crippen LogP contribution in [0.2, 0.25) is 6.04 Å². The van der Waals surface area contributed by atoms with Gasteiger partial charge in [-0.3, -0.25) is 4.48 Å². The van der Waals surface area contributed by atoms with E-state index in [9.17, 15) is 4.79 Å². The van der Waals surface area contributed by atoms with E-state index in [1.165, 1.54) is 5.69 Å². The van der Waals surface area contributed by atoms with E-state index in [-0.39, 0.29) is 12.1 Å². The van der Waals surface area contributed by atoms with Gasteiger partial charge < -0.3 is 18.0 Å². The van der Waals surface area contributed by atoms with Crippen molar-refractivity contribution in [1.82, 2.24) is 4.48 Å². The molecule has 0 N–H and O–H groups in total. The molecule has 0 spiro atoms. The Balaban J connectivity index is 1.57. The van der Waals surface area contributed by atoms with Crippen LogP contribution >= 0.6 is 0 Å². The van der Waals surface area contributed by atoms with Gasteiger partial charge in [-0.15, -0.1) is 0 Å². The van der Waals surface area contributed by atoms with Crippen LogP contribution in [0.1, 0.15) is 25.0 Å². The lowest BCUT2D eigenvalue weighted by Crippen LogP contribution is -2.64. The second-order valence-electron chi connectivity index (χ2n) is 8.53. The van der Waals surface area contributed by atoms with Crippen LogP contribution in [-0.4, -0.2) is 54.2 Å². The smallest absolute Gasteiger partial charge is 0.462 e. The first kappa shape index (κ1) is 22.9. The molecular weight excluding hydrogens is 422 g/mol. The van der Waals surface area contributed by atoms with Crippen molar-refractivity contribution in [3.8, 4) is 0 Å². The van der Waals surface area contributed by atoms with E-state index in [4.69, 9.17) is 18.0 Å². The van der Waals surface area contributed by atoms with E-state index in [1.807, 2.05) is 24.3 Å². The summed E-state index contributed by atoms with van der Waals surface area (Å²) in [4.78, 5) is 11.7. The summed E-state index contributed by atoms with van der Waals surface area (Å²) in [5, 5.41) is 0. The molecule has 3 saturated heterocycles. The summed E-state index contributed by atoms with van der Waals surface area (Å²) in [5.74, 6) is -0.366. The van der Waals surface area contributed by atoms with Gasteiger partial charge in [-0.2, -0.15) is 0 Å². The average molecular weight is 455 g/mol. The van der Waals surface area contributed by atoms with Crippen LogP contribution in [0.4, 0.5) is 5.69 Å². The number of quaternary nitrogens is 1. The predicted molar refractivity (Wildman–Crippen MR) is 126 cm³/mol. The quantitative estimate of drug-likeness (QED) is 0.206. The van der Waals surface area contributed by atoms with Crippen molar-refractivity contribution in [1.29, 1.82) is 0 Å². The predicted octanol–water partition coefficient (Wildman–Crippen LogP) is 4.26. The van der Waals surface area contributed by atoms with Crippen LogP contribution in [0.25, 0.3) is 0 Å². The third-order valence-electron chi connectivity index (χ3n) is 6.20. The SMILES string of the molecule is C=C(C)C(=O)OCCC[Si]12OCC[N+](c3ccccc3)(CCO1)CC(c1ccccc1)O2. The summed E-state index contributed by atoms with van der Waals surface area (Å²) in [7, 11) is -2.93. The first-order chi connectivity index (χ1) is 15.5. The number of benzene rings is 2. The Morgan fingerprint density at radius 1 is 1.06 bits per heavy atom. The Kier molecular flexibility index (Phi) is 7.22. The molecule has 1 atom stereocenters. The number of fused-ring (bicyclic) bond motifs is 6. The number of hydrogen-bond acceptors (Lipinski definition) is 5. The normalized spacial score (nSPS) is 27.7. The maximum absolute atomic E-state index is 11.7. The summed E-state index contributed by atoms with van der Waals surface area (Å²) < 4.78 is 25.6. The molecule has 0 radical (unpaired) electrons. The second kappa shape index (κ2) is 10.1. The highest BCUT2D eigenvalue weighted by Gasteiger charge is 2.51. The minimum Gasteiger partial charge on any atom is -0.462 e. The number of para-hydroxylation sites is 1. The number of carbonyl (C=O) groups is 1. The fourth-order valence-corrected chi connectivity index (χ4v) is 7.11. The largest absolute Gasteiger partial charge is 0.502 e. The molecule has 0 aromatic heterocycles. The summed E-state index contributed by atoms with van der Waals surface area (Å²) >= 11 is 0. The molecule has 5 rings (SSSR count). The number of rotatable bonds is 7. The minimum absolute atomic E-state index is 0.137. The van der Waals surface area contributed by atoms with Gasteiger partial charge in [0.2, 0.25) is 0 Å². The zero-order valence-electron chi connectivity index (χ0n) is 18.7. The molecule has 7 heteroatoms. The molecule has 3 aliphatic heterocycles. The van der Waals surface area contributed by atoms with Crippen LogP contribution < -0.4 is 4.48 Å². The third kappa shape index (κ3) is 5.19. The Morgan fingerprint density at radius 2 is 1.69 bits per heavy atom. The summed E-state index contributed by atoms with van der Waals surface area (Å²) in [6.45, 7) is 9.32. The lowest BCUT2D eigenvalue weighted by atomic mass is 10.1. The summed E-state index contributed by atoms with van der Waals surface area (Å²) in [6.07, 6.45) is 0.493. The molecule has 0 aliphatic carbocycles. The number of nitrogens with zero attached hydrogens (tertiary/aromatic N) is 1. The molecule has 0 amide bonds. The van der Waals surface area contributed by atoms with Crippen molar-refractivity contribution in [3.63, 3.8) is 0 Å². The molecule has 6 nitrogen and oxygen atoms in total. The summed E-state index contributed by atoms with van der Waals surface area (Å²) in [6, 6.07) is 21.5. The van der Waals surface area contributed by atoms with Crippen LogP contribution in [0, 0.1) is 0 Å². The van der Waals surface area contributed by atoms with Gasteiger partial charge in [0.05, 0.1) is 19.8 Å². The monoisotopic (exact) mass is 454 g/mol. The van der Waals surface area contributed by atoms with E-state index in [0.717, 1.165) is 29.7 Å². The van der Waals surface area contributed by atoms with Crippen molar-refractivity contribution in [3.05, 3.63) is 78.4 Å². The lowest BCUT2D eigenvalue weighted by molar-refractivity contribution is -0.139. The average Bonchev–Trinajstić information content (AvgIpc) is 2.78. The van der Waals surface area contributed by atoms with Crippen LogP contribution in [-0.2, 0) is 22.8 Å². The first-order valence-electron chi connectivity index (χ1n) is 11.3. The fraction of sp³-hybridized carbons (Fsp3) is 0.400. The molecule has 2 aromatic carbocycles. The fourth-order valence-electron chi connectivity index (χ4n) is 4.46. The molecule has 2 bridgehead atoms. The second-order valence-corrected chi connectivity index (χ2v) is 11.2. The molecule has 2 aromatic rings. The maximum atomic E-state index is 11.7. The molecular formula is C25H32NO5Si+. The van der Waals surface area contributed by atoms with E-state index in [0.29, 0.717) is 37.9 Å². The van der Waals surface area contributed by atoms with Crippen molar-refractivity contribution < 1.29 is 22.8 Å². The highest BCUT2D eigenvalue weighted by molar-refractivity contribution is 6.60. The van der Waals surface area contributed by atoms with Gasteiger partial charge in [-0.25, -0.2) is 4.79 Å². The Hall–Kier alpha value is -2.29. The highest BCUT2D eigenvalue weighted by Crippen LogP contribution is 2.37. The van der Waals surface area contributed by atoms with Gasteiger partial charge in [-0.05, 0) is 31.0 Å². The Morgan fingerprint density at radius 3 is 2.31 bits per heavy atom. The topological polar surface area (TPSA) is 54.0 Å². The highest BCUT2D eigenvalue weighted by atomic mass is 28.4. The lowest BCUT2D eigenvalue weighted by Gasteiger charge is -2.48. The molecule has 1 unspecified atom stereocenters. The van der Waals surface area contributed by atoms with Gasteiger partial charge in [-0.1, -0.05) is 55.1 Å². The van der Waals surface area contributed by atoms with Gasteiger partial charge in [0.25, 0.3) is 0 Å². The zero-order chi connectivity index (χ0) is 22.4. The van der Waals surface area contributed by atoms with Crippen molar-refractivity contribution in [2.45, 2.75) is 25.5 Å². The van der Waals surface area contributed by atoms with Gasteiger partial charge in [0, 0.05) is 11.6 Å². The molecule has 3 aliphatic rings. The van der Waals surface area contributed by atoms with Crippen molar-refractivity contribution in [2.75, 3.05) is 39.5 Å². The standard InChI is InChI=1S/C25H32NO5Si/c1-21(2)25(27)28-16-9-19-32-29-17-14-26(15-18-30-32,23-12-7-4-8-13-23)20-24(31-32)22-10-5-3-6-11-22/h3-8,10-13,24H,1,9,14-20H2,2H3/q+1. The van der Waals surface area contributed by atoms with Crippen molar-refractivity contribution in [2.24, 2.45) is 0 Å². The van der Waals surface area contributed by atoms with E-state index >= 15 is 0 Å². The Bertz CT molecular complexity index is 910. The van der Waals surface area contributed by atoms with E-state index in [1.54, 1.807) is 6.92 Å². The number of hydrogen-bond donors (Lipinski definition) is 0. The summed E-state index contributed by atoms with van der Waals surface area (Å²) in [5.41, 5.74) is 2.79. The maximum Gasteiger partial charge on any atom is 0.502 e.